The Morgan fingerprint density at radius 1 is 1.42 bits per heavy atom. The summed E-state index contributed by atoms with van der Waals surface area (Å²) in [6, 6.07) is 5.53. The van der Waals surface area contributed by atoms with E-state index in [0.717, 1.165) is 17.0 Å². The number of ether oxygens (including phenoxy) is 1. The van der Waals surface area contributed by atoms with Gasteiger partial charge in [0.05, 0.1) is 12.2 Å². The van der Waals surface area contributed by atoms with Crippen LogP contribution in [0.4, 0.5) is 9.18 Å². The molecule has 1 atom stereocenters. The first-order valence-corrected chi connectivity index (χ1v) is 7.80. The van der Waals surface area contributed by atoms with Crippen LogP contribution in [0.1, 0.15) is 23.9 Å². The highest BCUT2D eigenvalue weighted by Gasteiger charge is 2.14. The lowest BCUT2D eigenvalue weighted by molar-refractivity contribution is 0.233. The Morgan fingerprint density at radius 2 is 2.21 bits per heavy atom. The summed E-state index contributed by atoms with van der Waals surface area (Å²) in [4.78, 5) is 11.8. The molecule has 2 amide bonds. The quantitative estimate of drug-likeness (QED) is 0.763. The number of carbonyl (C=O) groups is 1. The van der Waals surface area contributed by atoms with E-state index in [1.165, 1.54) is 12.1 Å². The maximum absolute atomic E-state index is 13.0. The van der Waals surface area contributed by atoms with Gasteiger partial charge in [-0.1, -0.05) is 11.2 Å². The lowest BCUT2D eigenvalue weighted by atomic mass is 10.1. The molecule has 0 saturated carbocycles. The highest BCUT2D eigenvalue weighted by Crippen LogP contribution is 2.14. The van der Waals surface area contributed by atoms with E-state index in [4.69, 9.17) is 9.26 Å². The van der Waals surface area contributed by atoms with E-state index < -0.39 is 0 Å². The molecular formula is C17H22FN3O3. The largest absolute Gasteiger partial charge is 0.492 e. The molecule has 0 radical (unpaired) electrons. The van der Waals surface area contributed by atoms with E-state index in [0.29, 0.717) is 18.7 Å². The minimum atomic E-state index is -0.355. The van der Waals surface area contributed by atoms with Gasteiger partial charge in [0.1, 0.15) is 23.9 Å². The Balaban J connectivity index is 1.67. The average Bonchev–Trinajstić information content (AvgIpc) is 2.83. The molecule has 0 saturated heterocycles. The standard InChI is InChI=1S/C17H22FN3O3/c1-11(9-16-12(2)21-24-13(16)3)20-17(22)19-7-8-23-15-6-4-5-14(18)10-15/h4-6,10-11H,7-9H2,1-3H3,(H2,19,20,22). The van der Waals surface area contributed by atoms with Gasteiger partial charge in [0.15, 0.2) is 0 Å². The topological polar surface area (TPSA) is 76.4 Å². The summed E-state index contributed by atoms with van der Waals surface area (Å²) in [6.07, 6.45) is 0.647. The molecule has 24 heavy (non-hydrogen) atoms. The summed E-state index contributed by atoms with van der Waals surface area (Å²) in [7, 11) is 0. The van der Waals surface area contributed by atoms with E-state index >= 15 is 0 Å². The number of nitrogens with zero attached hydrogens (tertiary/aromatic N) is 1. The normalized spacial score (nSPS) is 11.8. The maximum atomic E-state index is 13.0. The third kappa shape index (κ3) is 5.26. The third-order valence-electron chi connectivity index (χ3n) is 3.52. The minimum Gasteiger partial charge on any atom is -0.492 e. The van der Waals surface area contributed by atoms with Crippen LogP contribution in [-0.2, 0) is 6.42 Å². The molecule has 0 aliphatic heterocycles. The van der Waals surface area contributed by atoms with Crippen molar-refractivity contribution in [3.05, 3.63) is 47.1 Å². The van der Waals surface area contributed by atoms with Crippen molar-refractivity contribution in [3.63, 3.8) is 0 Å². The van der Waals surface area contributed by atoms with Crippen molar-refractivity contribution in [2.24, 2.45) is 0 Å². The molecule has 0 bridgehead atoms. The Labute approximate surface area is 140 Å². The molecule has 6 nitrogen and oxygen atoms in total. The summed E-state index contributed by atoms with van der Waals surface area (Å²) in [5, 5.41) is 9.44. The van der Waals surface area contributed by atoms with Crippen molar-refractivity contribution < 1.29 is 18.4 Å². The van der Waals surface area contributed by atoms with Crippen LogP contribution in [0.15, 0.2) is 28.8 Å². The number of urea groups is 1. The van der Waals surface area contributed by atoms with Gasteiger partial charge >= 0.3 is 6.03 Å². The highest BCUT2D eigenvalue weighted by atomic mass is 19.1. The van der Waals surface area contributed by atoms with E-state index in [1.807, 2.05) is 20.8 Å². The van der Waals surface area contributed by atoms with Gasteiger partial charge in [-0.05, 0) is 39.3 Å². The van der Waals surface area contributed by atoms with Crippen LogP contribution in [0.3, 0.4) is 0 Å². The molecule has 1 aromatic carbocycles. The molecule has 1 heterocycles. The number of amides is 2. The van der Waals surface area contributed by atoms with Gasteiger partial charge in [-0.15, -0.1) is 0 Å². The zero-order valence-corrected chi connectivity index (χ0v) is 14.1. The summed E-state index contributed by atoms with van der Waals surface area (Å²) in [6.45, 7) is 6.22. The second kappa shape index (κ2) is 8.33. The fourth-order valence-corrected chi connectivity index (χ4v) is 2.32. The fourth-order valence-electron chi connectivity index (χ4n) is 2.32. The lowest BCUT2D eigenvalue weighted by Gasteiger charge is -2.14. The van der Waals surface area contributed by atoms with Gasteiger partial charge < -0.3 is 19.9 Å². The first-order valence-electron chi connectivity index (χ1n) is 7.80. The summed E-state index contributed by atoms with van der Waals surface area (Å²) in [5.74, 6) is 0.848. The number of hydrogen-bond donors (Lipinski definition) is 2. The van der Waals surface area contributed by atoms with Crippen LogP contribution in [0.2, 0.25) is 0 Å². The first-order chi connectivity index (χ1) is 11.5. The summed E-state index contributed by atoms with van der Waals surface area (Å²) < 4.78 is 23.5. The molecule has 0 aliphatic rings. The van der Waals surface area contributed by atoms with Crippen LogP contribution in [0, 0.1) is 19.7 Å². The first kappa shape index (κ1) is 17.8. The molecule has 0 spiro atoms. The molecule has 2 N–H and O–H groups in total. The lowest BCUT2D eigenvalue weighted by Crippen LogP contribution is -2.43. The molecule has 7 heteroatoms. The molecule has 2 rings (SSSR count). The number of halogens is 1. The molecular weight excluding hydrogens is 313 g/mol. The monoisotopic (exact) mass is 335 g/mol. The Morgan fingerprint density at radius 3 is 2.88 bits per heavy atom. The minimum absolute atomic E-state index is 0.0639. The van der Waals surface area contributed by atoms with Gasteiger partial charge in [-0.25, -0.2) is 9.18 Å². The Kier molecular flexibility index (Phi) is 6.17. The number of rotatable bonds is 7. The Bertz CT molecular complexity index is 668. The highest BCUT2D eigenvalue weighted by molar-refractivity contribution is 5.74. The van der Waals surface area contributed by atoms with Crippen molar-refractivity contribution in [2.75, 3.05) is 13.2 Å². The smallest absolute Gasteiger partial charge is 0.315 e. The van der Waals surface area contributed by atoms with Crippen LogP contribution in [0.5, 0.6) is 5.75 Å². The number of carbonyl (C=O) groups excluding carboxylic acids is 1. The number of benzene rings is 1. The van der Waals surface area contributed by atoms with Crippen LogP contribution < -0.4 is 15.4 Å². The molecule has 1 unspecified atom stereocenters. The molecule has 0 fully saturated rings. The number of aryl methyl sites for hydroxylation is 2. The van der Waals surface area contributed by atoms with Gasteiger partial charge in [0.25, 0.3) is 0 Å². The number of aromatic nitrogens is 1. The second-order valence-electron chi connectivity index (χ2n) is 5.61. The number of nitrogens with one attached hydrogen (secondary N) is 2. The van der Waals surface area contributed by atoms with E-state index in [1.54, 1.807) is 12.1 Å². The van der Waals surface area contributed by atoms with Crippen LogP contribution in [-0.4, -0.2) is 30.4 Å². The van der Waals surface area contributed by atoms with E-state index in [9.17, 15) is 9.18 Å². The van der Waals surface area contributed by atoms with Crippen molar-refractivity contribution in [3.8, 4) is 5.75 Å². The summed E-state index contributed by atoms with van der Waals surface area (Å²) in [5.41, 5.74) is 1.85. The molecule has 2 aromatic rings. The number of hydrogen-bond acceptors (Lipinski definition) is 4. The Hall–Kier alpha value is -2.57. The van der Waals surface area contributed by atoms with Gasteiger partial charge in [-0.3, -0.25) is 0 Å². The van der Waals surface area contributed by atoms with Crippen molar-refractivity contribution in [2.45, 2.75) is 33.2 Å². The fraction of sp³-hybridized carbons (Fsp3) is 0.412. The molecule has 0 aliphatic carbocycles. The predicted octanol–water partition coefficient (Wildman–Crippen LogP) is 2.74. The predicted molar refractivity (Wildman–Crippen MR) is 87.6 cm³/mol. The van der Waals surface area contributed by atoms with Gasteiger partial charge in [0, 0.05) is 17.7 Å². The maximum Gasteiger partial charge on any atom is 0.315 e. The van der Waals surface area contributed by atoms with Gasteiger partial charge in [0.2, 0.25) is 0 Å². The molecule has 130 valence electrons. The van der Waals surface area contributed by atoms with Crippen molar-refractivity contribution in [1.82, 2.24) is 15.8 Å². The summed E-state index contributed by atoms with van der Waals surface area (Å²) >= 11 is 0. The van der Waals surface area contributed by atoms with E-state index in [-0.39, 0.29) is 24.5 Å². The van der Waals surface area contributed by atoms with Crippen molar-refractivity contribution >= 4 is 6.03 Å². The zero-order valence-electron chi connectivity index (χ0n) is 14.1. The average molecular weight is 335 g/mol. The van der Waals surface area contributed by atoms with Crippen LogP contribution in [0.25, 0.3) is 0 Å². The van der Waals surface area contributed by atoms with E-state index in [2.05, 4.69) is 15.8 Å². The van der Waals surface area contributed by atoms with Gasteiger partial charge in [-0.2, -0.15) is 0 Å². The van der Waals surface area contributed by atoms with Crippen LogP contribution >= 0.6 is 0 Å². The molecule has 1 aromatic heterocycles. The zero-order chi connectivity index (χ0) is 17.5. The SMILES string of the molecule is Cc1noc(C)c1CC(C)NC(=O)NCCOc1cccc(F)c1. The van der Waals surface area contributed by atoms with Crippen molar-refractivity contribution in [1.29, 1.82) is 0 Å². The third-order valence-corrected chi connectivity index (χ3v) is 3.52. The second-order valence-corrected chi connectivity index (χ2v) is 5.61.